The minimum atomic E-state index is -0.770. The molecule has 2 amide bonds. The molecular formula is C27H30ClFN2O4. The molecule has 1 aliphatic carbocycles. The maximum Gasteiger partial charge on any atom is 0.324 e. The number of aliphatic hydroxyl groups is 1. The molecule has 2 aromatic rings. The molecule has 0 aromatic heterocycles. The van der Waals surface area contributed by atoms with Crippen LogP contribution < -0.4 is 9.64 Å². The van der Waals surface area contributed by atoms with Crippen molar-refractivity contribution in [3.63, 3.8) is 0 Å². The Labute approximate surface area is 209 Å². The van der Waals surface area contributed by atoms with E-state index in [1.165, 1.54) is 6.07 Å². The fourth-order valence-electron chi connectivity index (χ4n) is 5.57. The number of carbonyl (C=O) groups excluding carboxylic acids is 2. The van der Waals surface area contributed by atoms with Gasteiger partial charge in [-0.05, 0) is 74.4 Å². The third kappa shape index (κ3) is 4.89. The molecule has 3 aliphatic rings. The summed E-state index contributed by atoms with van der Waals surface area (Å²) >= 11 is 6.01. The van der Waals surface area contributed by atoms with Crippen molar-refractivity contribution >= 4 is 29.1 Å². The highest BCUT2D eigenvalue weighted by Crippen LogP contribution is 2.38. The topological polar surface area (TPSA) is 70.1 Å². The number of hydrogen-bond acceptors (Lipinski definition) is 4. The maximum atomic E-state index is 14.0. The molecule has 2 aromatic carbocycles. The molecule has 8 heteroatoms. The quantitative estimate of drug-likeness (QED) is 0.594. The molecule has 0 bridgehead atoms. The van der Waals surface area contributed by atoms with Crippen LogP contribution in [0.1, 0.15) is 55.8 Å². The van der Waals surface area contributed by atoms with E-state index in [0.717, 1.165) is 25.7 Å². The lowest BCUT2D eigenvalue weighted by Gasteiger charge is -2.35. The Kier molecular flexibility index (Phi) is 6.73. The number of aliphatic hydroxyl groups excluding tert-OH is 1. The van der Waals surface area contributed by atoms with Gasteiger partial charge >= 0.3 is 6.03 Å². The zero-order valence-corrected chi connectivity index (χ0v) is 20.5. The van der Waals surface area contributed by atoms with E-state index < -0.39 is 12.2 Å². The standard InChI is InChI=1S/C27H30ClFN2O4/c1-16-2-6-20(14-22(16)29)31-11-10-30(27(31)34)19-7-3-17(4-8-19)12-24(33)26-15-23(32)21-13-18(28)5-9-25(21)35-26/h2,5-6,9,13-14,17,19,23,26,32H,3-4,7-8,10-12,15H2,1H3/t17?,19?,23-,26-/m1/s1. The van der Waals surface area contributed by atoms with Crippen molar-refractivity contribution in [1.82, 2.24) is 4.90 Å². The van der Waals surface area contributed by atoms with Gasteiger partial charge in [0.25, 0.3) is 0 Å². The first-order valence-electron chi connectivity index (χ1n) is 12.3. The Morgan fingerprint density at radius 2 is 1.91 bits per heavy atom. The van der Waals surface area contributed by atoms with Gasteiger partial charge < -0.3 is 14.7 Å². The molecule has 2 aliphatic heterocycles. The molecule has 1 saturated heterocycles. The van der Waals surface area contributed by atoms with E-state index in [1.54, 1.807) is 42.2 Å². The number of anilines is 1. The van der Waals surface area contributed by atoms with Gasteiger partial charge in [-0.1, -0.05) is 17.7 Å². The highest BCUT2D eigenvalue weighted by molar-refractivity contribution is 6.30. The van der Waals surface area contributed by atoms with E-state index in [0.29, 0.717) is 47.1 Å². The first kappa shape index (κ1) is 24.1. The van der Waals surface area contributed by atoms with Crippen molar-refractivity contribution in [2.24, 2.45) is 5.92 Å². The predicted octanol–water partition coefficient (Wildman–Crippen LogP) is 5.43. The van der Waals surface area contributed by atoms with E-state index in [2.05, 4.69) is 0 Å². The van der Waals surface area contributed by atoms with Gasteiger partial charge in [0.15, 0.2) is 11.9 Å². The molecular weight excluding hydrogens is 471 g/mol. The molecule has 186 valence electrons. The van der Waals surface area contributed by atoms with Crippen molar-refractivity contribution in [2.45, 2.75) is 63.7 Å². The van der Waals surface area contributed by atoms with E-state index >= 15 is 0 Å². The second kappa shape index (κ2) is 9.78. The van der Waals surface area contributed by atoms with Gasteiger partial charge in [0.05, 0.1) is 6.10 Å². The van der Waals surface area contributed by atoms with Crippen LogP contribution in [0.2, 0.25) is 5.02 Å². The average molecular weight is 501 g/mol. The van der Waals surface area contributed by atoms with Crippen LogP contribution in [0.5, 0.6) is 5.75 Å². The number of rotatable bonds is 5. The fourth-order valence-corrected chi connectivity index (χ4v) is 5.75. The van der Waals surface area contributed by atoms with Crippen LogP contribution in [-0.2, 0) is 4.79 Å². The number of halogens is 2. The normalized spacial score (nSPS) is 26.5. The van der Waals surface area contributed by atoms with Crippen LogP contribution in [-0.4, -0.2) is 47.1 Å². The number of amides is 2. The third-order valence-corrected chi connectivity index (χ3v) is 7.89. The number of nitrogens with zero attached hydrogens (tertiary/aromatic N) is 2. The Morgan fingerprint density at radius 3 is 2.66 bits per heavy atom. The predicted molar refractivity (Wildman–Crippen MR) is 131 cm³/mol. The lowest BCUT2D eigenvalue weighted by molar-refractivity contribution is -0.129. The van der Waals surface area contributed by atoms with Crippen LogP contribution in [0.25, 0.3) is 0 Å². The molecule has 0 spiro atoms. The van der Waals surface area contributed by atoms with Gasteiger partial charge in [-0.2, -0.15) is 0 Å². The molecule has 0 unspecified atom stereocenters. The number of benzene rings is 2. The Bertz CT molecular complexity index is 1130. The monoisotopic (exact) mass is 500 g/mol. The summed E-state index contributed by atoms with van der Waals surface area (Å²) in [6.07, 6.45) is 2.63. The molecule has 2 heterocycles. The summed E-state index contributed by atoms with van der Waals surface area (Å²) in [6, 6.07) is 10.1. The minimum absolute atomic E-state index is 0.0120. The zero-order chi connectivity index (χ0) is 24.7. The van der Waals surface area contributed by atoms with E-state index in [1.807, 2.05) is 4.90 Å². The molecule has 2 atom stereocenters. The van der Waals surface area contributed by atoms with E-state index in [9.17, 15) is 19.1 Å². The Balaban J connectivity index is 1.14. The summed E-state index contributed by atoms with van der Waals surface area (Å²) in [5, 5.41) is 11.0. The number of urea groups is 1. The van der Waals surface area contributed by atoms with Gasteiger partial charge in [-0.25, -0.2) is 9.18 Å². The lowest BCUT2D eigenvalue weighted by atomic mass is 9.81. The molecule has 1 N–H and O–H groups in total. The van der Waals surface area contributed by atoms with E-state index in [-0.39, 0.29) is 36.0 Å². The molecule has 0 radical (unpaired) electrons. The average Bonchev–Trinajstić information content (AvgIpc) is 3.23. The molecule has 2 fully saturated rings. The SMILES string of the molecule is Cc1ccc(N2CCN(C3CCC(CC(=O)[C@H]4C[C@@H](O)c5cc(Cl)ccc5O4)CC3)C2=O)cc1F. The Hall–Kier alpha value is -2.64. The summed E-state index contributed by atoms with van der Waals surface area (Å²) in [4.78, 5) is 29.6. The second-order valence-corrected chi connectivity index (χ2v) is 10.4. The van der Waals surface area contributed by atoms with Crippen molar-refractivity contribution in [3.05, 3.63) is 58.4 Å². The van der Waals surface area contributed by atoms with Gasteiger partial charge in [0.1, 0.15) is 11.6 Å². The van der Waals surface area contributed by atoms with Crippen molar-refractivity contribution in [1.29, 1.82) is 0 Å². The summed E-state index contributed by atoms with van der Waals surface area (Å²) in [7, 11) is 0. The number of carbonyl (C=O) groups is 2. The third-order valence-electron chi connectivity index (χ3n) is 7.65. The number of fused-ring (bicyclic) bond motifs is 1. The van der Waals surface area contributed by atoms with Crippen LogP contribution in [0.4, 0.5) is 14.9 Å². The van der Waals surface area contributed by atoms with Crippen LogP contribution >= 0.6 is 11.6 Å². The molecule has 5 rings (SSSR count). The molecule has 35 heavy (non-hydrogen) atoms. The first-order chi connectivity index (χ1) is 16.8. The summed E-state index contributed by atoms with van der Waals surface area (Å²) < 4.78 is 19.9. The van der Waals surface area contributed by atoms with E-state index in [4.69, 9.17) is 16.3 Å². The minimum Gasteiger partial charge on any atom is -0.482 e. The maximum absolute atomic E-state index is 14.0. The first-order valence-corrected chi connectivity index (χ1v) is 12.7. The summed E-state index contributed by atoms with van der Waals surface area (Å²) in [5.41, 5.74) is 1.78. The highest BCUT2D eigenvalue weighted by Gasteiger charge is 2.38. The number of ether oxygens (including phenoxy) is 1. The number of Topliss-reactive ketones (excluding diaryl/α,β-unsaturated/α-hetero) is 1. The Morgan fingerprint density at radius 1 is 1.14 bits per heavy atom. The summed E-state index contributed by atoms with van der Waals surface area (Å²) in [6.45, 7) is 2.88. The van der Waals surface area contributed by atoms with Crippen LogP contribution in [0.3, 0.4) is 0 Å². The largest absolute Gasteiger partial charge is 0.482 e. The molecule has 1 saturated carbocycles. The number of ketones is 1. The van der Waals surface area contributed by atoms with Gasteiger partial charge in [0.2, 0.25) is 0 Å². The summed E-state index contributed by atoms with van der Waals surface area (Å²) in [5.74, 6) is 0.463. The van der Waals surface area contributed by atoms with Crippen LogP contribution in [0.15, 0.2) is 36.4 Å². The van der Waals surface area contributed by atoms with Gasteiger partial charge in [-0.3, -0.25) is 9.69 Å². The second-order valence-electron chi connectivity index (χ2n) is 9.95. The van der Waals surface area contributed by atoms with Gasteiger partial charge in [0, 0.05) is 48.2 Å². The van der Waals surface area contributed by atoms with Crippen LogP contribution in [0, 0.1) is 18.7 Å². The van der Waals surface area contributed by atoms with Crippen molar-refractivity contribution in [2.75, 3.05) is 18.0 Å². The highest BCUT2D eigenvalue weighted by atomic mass is 35.5. The smallest absolute Gasteiger partial charge is 0.324 e. The number of hydrogen-bond donors (Lipinski definition) is 1. The van der Waals surface area contributed by atoms with Gasteiger partial charge in [-0.15, -0.1) is 0 Å². The lowest BCUT2D eigenvalue weighted by Crippen LogP contribution is -2.42. The molecule has 6 nitrogen and oxygen atoms in total. The van der Waals surface area contributed by atoms with Crippen molar-refractivity contribution < 1.29 is 23.8 Å². The number of aryl methyl sites for hydroxylation is 1. The van der Waals surface area contributed by atoms with Crippen molar-refractivity contribution in [3.8, 4) is 5.75 Å². The fraction of sp³-hybridized carbons (Fsp3) is 0.481. The zero-order valence-electron chi connectivity index (χ0n) is 19.8.